The molecule has 1 fully saturated rings. The standard InChI is InChI=1S/C22H23ClF3N3O2/c1-15(27-20(30)18-4-2-3-5-19(18)23)21(31)29-12-10-28(11-13-29)14-16-6-8-17(9-7-16)22(24,25)26/h2-9,15H,10-14H2,1H3,(H,27,30)/t15-/m0/s1. The van der Waals surface area contributed by atoms with Crippen molar-refractivity contribution in [2.45, 2.75) is 25.7 Å². The average molecular weight is 454 g/mol. The maximum absolute atomic E-state index is 12.7. The molecule has 0 spiro atoms. The van der Waals surface area contributed by atoms with E-state index < -0.39 is 23.7 Å². The third-order valence-electron chi connectivity index (χ3n) is 5.21. The van der Waals surface area contributed by atoms with Crippen molar-refractivity contribution in [3.8, 4) is 0 Å². The van der Waals surface area contributed by atoms with Crippen molar-refractivity contribution < 1.29 is 22.8 Å². The SMILES string of the molecule is C[C@H](NC(=O)c1ccccc1Cl)C(=O)N1CCN(Cc2ccc(C(F)(F)F)cc2)CC1. The van der Waals surface area contributed by atoms with Gasteiger partial charge < -0.3 is 10.2 Å². The van der Waals surface area contributed by atoms with Crippen molar-refractivity contribution in [1.82, 2.24) is 15.1 Å². The molecule has 0 radical (unpaired) electrons. The smallest absolute Gasteiger partial charge is 0.340 e. The summed E-state index contributed by atoms with van der Waals surface area (Å²) in [4.78, 5) is 28.8. The van der Waals surface area contributed by atoms with Crippen LogP contribution in [0.4, 0.5) is 13.2 Å². The third kappa shape index (κ3) is 5.98. The van der Waals surface area contributed by atoms with Gasteiger partial charge in [0, 0.05) is 32.7 Å². The predicted molar refractivity (Wildman–Crippen MR) is 112 cm³/mol. The number of hydrogen-bond acceptors (Lipinski definition) is 3. The molecule has 2 amide bonds. The van der Waals surface area contributed by atoms with Crippen molar-refractivity contribution in [1.29, 1.82) is 0 Å². The van der Waals surface area contributed by atoms with Crippen LogP contribution in [0.3, 0.4) is 0 Å². The molecule has 31 heavy (non-hydrogen) atoms. The number of nitrogens with zero attached hydrogens (tertiary/aromatic N) is 2. The summed E-state index contributed by atoms with van der Waals surface area (Å²) in [5.41, 5.74) is 0.429. The fraction of sp³-hybridized carbons (Fsp3) is 0.364. The van der Waals surface area contributed by atoms with Crippen LogP contribution >= 0.6 is 11.6 Å². The second-order valence-electron chi connectivity index (χ2n) is 7.47. The van der Waals surface area contributed by atoms with Crippen LogP contribution in [0.25, 0.3) is 0 Å². The normalized spacial score (nSPS) is 16.1. The Morgan fingerprint density at radius 3 is 2.23 bits per heavy atom. The first-order chi connectivity index (χ1) is 14.6. The molecule has 1 aliphatic rings. The Labute approximate surface area is 183 Å². The van der Waals surface area contributed by atoms with Gasteiger partial charge in [-0.2, -0.15) is 13.2 Å². The third-order valence-corrected chi connectivity index (χ3v) is 5.54. The molecule has 1 N–H and O–H groups in total. The molecule has 1 aliphatic heterocycles. The summed E-state index contributed by atoms with van der Waals surface area (Å²) >= 11 is 6.03. The van der Waals surface area contributed by atoms with Crippen LogP contribution in [0.15, 0.2) is 48.5 Å². The van der Waals surface area contributed by atoms with Gasteiger partial charge in [0.1, 0.15) is 6.04 Å². The first-order valence-electron chi connectivity index (χ1n) is 9.88. The van der Waals surface area contributed by atoms with Gasteiger partial charge >= 0.3 is 6.18 Å². The molecule has 1 atom stereocenters. The largest absolute Gasteiger partial charge is 0.416 e. The molecule has 9 heteroatoms. The number of halogens is 4. The quantitative estimate of drug-likeness (QED) is 0.748. The molecule has 166 valence electrons. The summed E-state index contributed by atoms with van der Waals surface area (Å²) < 4.78 is 38.0. The Morgan fingerprint density at radius 1 is 1.03 bits per heavy atom. The van der Waals surface area contributed by atoms with E-state index in [0.29, 0.717) is 43.3 Å². The number of amides is 2. The summed E-state index contributed by atoms with van der Waals surface area (Å²) in [5.74, 6) is -0.595. The minimum Gasteiger partial charge on any atom is -0.340 e. The fourth-order valence-electron chi connectivity index (χ4n) is 3.44. The Kier molecular flexibility index (Phi) is 7.23. The molecular weight excluding hydrogens is 431 g/mol. The van der Waals surface area contributed by atoms with Crippen molar-refractivity contribution >= 4 is 23.4 Å². The van der Waals surface area contributed by atoms with Crippen LogP contribution in [-0.4, -0.2) is 53.8 Å². The van der Waals surface area contributed by atoms with Gasteiger partial charge in [-0.15, -0.1) is 0 Å². The van der Waals surface area contributed by atoms with Gasteiger partial charge in [-0.05, 0) is 36.8 Å². The van der Waals surface area contributed by atoms with Gasteiger partial charge in [0.15, 0.2) is 0 Å². The predicted octanol–water partition coefficient (Wildman–Crippen LogP) is 3.82. The zero-order valence-electron chi connectivity index (χ0n) is 17.0. The number of carbonyl (C=O) groups is 2. The van der Waals surface area contributed by atoms with Crippen LogP contribution in [0.1, 0.15) is 28.4 Å². The van der Waals surface area contributed by atoms with Crippen LogP contribution in [-0.2, 0) is 17.5 Å². The number of nitrogens with one attached hydrogen (secondary N) is 1. The molecule has 0 saturated carbocycles. The Balaban J connectivity index is 1.49. The summed E-state index contributed by atoms with van der Waals surface area (Å²) in [6.45, 7) is 4.29. The lowest BCUT2D eigenvalue weighted by Crippen LogP contribution is -2.53. The number of benzene rings is 2. The van der Waals surface area contributed by atoms with Crippen LogP contribution < -0.4 is 5.32 Å². The highest BCUT2D eigenvalue weighted by Crippen LogP contribution is 2.29. The van der Waals surface area contributed by atoms with E-state index in [4.69, 9.17) is 11.6 Å². The van der Waals surface area contributed by atoms with Crippen molar-refractivity contribution in [3.63, 3.8) is 0 Å². The summed E-state index contributed by atoms with van der Waals surface area (Å²) in [7, 11) is 0. The zero-order chi connectivity index (χ0) is 22.6. The van der Waals surface area contributed by atoms with E-state index in [1.54, 1.807) is 36.1 Å². The van der Waals surface area contributed by atoms with Gasteiger partial charge in [0.25, 0.3) is 5.91 Å². The fourth-order valence-corrected chi connectivity index (χ4v) is 3.66. The average Bonchev–Trinajstić information content (AvgIpc) is 2.73. The lowest BCUT2D eigenvalue weighted by Gasteiger charge is -2.36. The number of hydrogen-bond donors (Lipinski definition) is 1. The highest BCUT2D eigenvalue weighted by Gasteiger charge is 2.30. The number of piperazine rings is 1. The molecule has 5 nitrogen and oxygen atoms in total. The van der Waals surface area contributed by atoms with Crippen molar-refractivity contribution in [2.75, 3.05) is 26.2 Å². The van der Waals surface area contributed by atoms with E-state index in [1.165, 1.54) is 12.1 Å². The Morgan fingerprint density at radius 2 is 1.65 bits per heavy atom. The van der Waals surface area contributed by atoms with Crippen molar-refractivity contribution in [3.05, 3.63) is 70.2 Å². The number of rotatable bonds is 5. The van der Waals surface area contributed by atoms with Gasteiger partial charge in [0.2, 0.25) is 5.91 Å². The molecule has 3 rings (SSSR count). The lowest BCUT2D eigenvalue weighted by atomic mass is 10.1. The molecule has 0 unspecified atom stereocenters. The van der Waals surface area contributed by atoms with E-state index in [-0.39, 0.29) is 5.91 Å². The van der Waals surface area contributed by atoms with Gasteiger partial charge in [-0.3, -0.25) is 14.5 Å². The first kappa shape index (κ1) is 23.1. The molecule has 0 bridgehead atoms. The molecule has 1 heterocycles. The van der Waals surface area contributed by atoms with Crippen molar-refractivity contribution in [2.24, 2.45) is 0 Å². The van der Waals surface area contributed by atoms with E-state index in [1.807, 2.05) is 0 Å². The molecule has 1 saturated heterocycles. The highest BCUT2D eigenvalue weighted by molar-refractivity contribution is 6.33. The van der Waals surface area contributed by atoms with Gasteiger partial charge in [-0.1, -0.05) is 35.9 Å². The second kappa shape index (κ2) is 9.70. The highest BCUT2D eigenvalue weighted by atomic mass is 35.5. The molecule has 2 aromatic rings. The lowest BCUT2D eigenvalue weighted by molar-refractivity contribution is -0.137. The van der Waals surface area contributed by atoms with E-state index in [9.17, 15) is 22.8 Å². The summed E-state index contributed by atoms with van der Waals surface area (Å²) in [5, 5.41) is 3.00. The maximum atomic E-state index is 12.7. The van der Waals surface area contributed by atoms with Gasteiger partial charge in [-0.25, -0.2) is 0 Å². The summed E-state index contributed by atoms with van der Waals surface area (Å²) in [6, 6.07) is 11.0. The van der Waals surface area contributed by atoms with Crippen LogP contribution in [0.2, 0.25) is 5.02 Å². The second-order valence-corrected chi connectivity index (χ2v) is 7.88. The first-order valence-corrected chi connectivity index (χ1v) is 10.3. The zero-order valence-corrected chi connectivity index (χ0v) is 17.7. The minimum atomic E-state index is -4.34. The molecule has 0 aliphatic carbocycles. The Bertz CT molecular complexity index is 926. The van der Waals surface area contributed by atoms with E-state index >= 15 is 0 Å². The minimum absolute atomic E-state index is 0.186. The van der Waals surface area contributed by atoms with Crippen LogP contribution in [0.5, 0.6) is 0 Å². The van der Waals surface area contributed by atoms with E-state index in [2.05, 4.69) is 10.2 Å². The molecule has 2 aromatic carbocycles. The van der Waals surface area contributed by atoms with E-state index in [0.717, 1.165) is 17.7 Å². The van der Waals surface area contributed by atoms with Gasteiger partial charge in [0.05, 0.1) is 16.1 Å². The Hall–Kier alpha value is -2.58. The maximum Gasteiger partial charge on any atom is 0.416 e. The summed E-state index contributed by atoms with van der Waals surface area (Å²) in [6.07, 6.45) is -4.34. The van der Waals surface area contributed by atoms with Crippen LogP contribution in [0, 0.1) is 0 Å². The molecule has 0 aromatic heterocycles. The number of alkyl halides is 3. The number of carbonyl (C=O) groups excluding carboxylic acids is 2. The monoisotopic (exact) mass is 453 g/mol. The molecular formula is C22H23ClF3N3O2. The topological polar surface area (TPSA) is 52.7 Å².